The van der Waals surface area contributed by atoms with Crippen LogP contribution in [-0.4, -0.2) is 6.61 Å². The van der Waals surface area contributed by atoms with Crippen molar-refractivity contribution in [2.75, 3.05) is 6.61 Å². The summed E-state index contributed by atoms with van der Waals surface area (Å²) in [5.41, 5.74) is 2.12. The number of hydrogen-bond acceptors (Lipinski definition) is 1. The van der Waals surface area contributed by atoms with E-state index in [4.69, 9.17) is 4.74 Å². The molecule has 0 radical (unpaired) electrons. The van der Waals surface area contributed by atoms with Crippen LogP contribution in [0.4, 0.5) is 0 Å². The molecule has 0 N–H and O–H groups in total. The first-order valence-electron chi connectivity index (χ1n) is 5.91. The van der Waals surface area contributed by atoms with E-state index < -0.39 is 0 Å². The van der Waals surface area contributed by atoms with Crippen LogP contribution in [0.15, 0.2) is 11.3 Å². The van der Waals surface area contributed by atoms with Crippen molar-refractivity contribution in [3.63, 3.8) is 0 Å². The van der Waals surface area contributed by atoms with Gasteiger partial charge in [-0.25, -0.2) is 0 Å². The lowest BCUT2D eigenvalue weighted by Crippen LogP contribution is -2.24. The van der Waals surface area contributed by atoms with Gasteiger partial charge in [-0.3, -0.25) is 0 Å². The molecule has 2 fully saturated rings. The maximum atomic E-state index is 5.47. The lowest BCUT2D eigenvalue weighted by Gasteiger charge is -2.36. The molecule has 1 saturated carbocycles. The molecular formula is C13H22O. The van der Waals surface area contributed by atoms with Crippen molar-refractivity contribution in [2.45, 2.75) is 52.9 Å². The van der Waals surface area contributed by atoms with E-state index in [0.717, 1.165) is 12.5 Å². The molecule has 0 amide bonds. The van der Waals surface area contributed by atoms with Gasteiger partial charge in [0.2, 0.25) is 0 Å². The third-order valence-electron chi connectivity index (χ3n) is 3.81. The van der Waals surface area contributed by atoms with E-state index >= 15 is 0 Å². The normalized spacial score (nSPS) is 28.4. The van der Waals surface area contributed by atoms with Crippen LogP contribution in [0.25, 0.3) is 0 Å². The zero-order valence-electron chi connectivity index (χ0n) is 9.73. The highest BCUT2D eigenvalue weighted by Crippen LogP contribution is 2.41. The van der Waals surface area contributed by atoms with E-state index in [2.05, 4.69) is 20.8 Å². The molecule has 0 aromatic carbocycles. The summed E-state index contributed by atoms with van der Waals surface area (Å²) in [6.07, 6.45) is 6.52. The topological polar surface area (TPSA) is 9.23 Å². The number of ether oxygens (including phenoxy) is 1. The number of rotatable bonds is 0. The second-order valence-electron chi connectivity index (χ2n) is 5.77. The molecule has 14 heavy (non-hydrogen) atoms. The minimum Gasteiger partial charge on any atom is -0.497 e. The van der Waals surface area contributed by atoms with Gasteiger partial charge < -0.3 is 4.74 Å². The third-order valence-corrected chi connectivity index (χ3v) is 3.81. The molecule has 1 aliphatic heterocycles. The number of hydrogen-bond donors (Lipinski definition) is 0. The summed E-state index contributed by atoms with van der Waals surface area (Å²) in [4.78, 5) is 0. The Morgan fingerprint density at radius 3 is 2.00 bits per heavy atom. The smallest absolute Gasteiger partial charge is 0.0985 e. The third kappa shape index (κ3) is 1.97. The van der Waals surface area contributed by atoms with Gasteiger partial charge in [0, 0.05) is 6.42 Å². The summed E-state index contributed by atoms with van der Waals surface area (Å²) >= 11 is 0. The zero-order valence-corrected chi connectivity index (χ0v) is 9.73. The highest BCUT2D eigenvalue weighted by Gasteiger charge is 2.29. The van der Waals surface area contributed by atoms with Gasteiger partial charge in [-0.15, -0.1) is 0 Å². The molecule has 2 aliphatic rings. The largest absolute Gasteiger partial charge is 0.497 e. The van der Waals surface area contributed by atoms with E-state index in [-0.39, 0.29) is 0 Å². The fraction of sp³-hybridized carbons (Fsp3) is 0.846. The highest BCUT2D eigenvalue weighted by atomic mass is 16.5. The van der Waals surface area contributed by atoms with Crippen LogP contribution in [0, 0.1) is 11.3 Å². The second kappa shape index (κ2) is 3.60. The Hall–Kier alpha value is -0.460. The van der Waals surface area contributed by atoms with Crippen molar-refractivity contribution < 1.29 is 4.74 Å². The van der Waals surface area contributed by atoms with Gasteiger partial charge in [0.25, 0.3) is 0 Å². The van der Waals surface area contributed by atoms with Crippen molar-refractivity contribution in [1.82, 2.24) is 0 Å². The Morgan fingerprint density at radius 1 is 1.07 bits per heavy atom. The van der Waals surface area contributed by atoms with E-state index in [1.165, 1.54) is 37.9 Å². The average molecular weight is 194 g/mol. The zero-order chi connectivity index (χ0) is 10.2. The average Bonchev–Trinajstić information content (AvgIpc) is 2.00. The minimum absolute atomic E-state index is 0.497. The van der Waals surface area contributed by atoms with E-state index in [1.807, 2.05) is 0 Å². The van der Waals surface area contributed by atoms with Crippen molar-refractivity contribution in [3.05, 3.63) is 11.3 Å². The van der Waals surface area contributed by atoms with Crippen LogP contribution >= 0.6 is 0 Å². The highest BCUT2D eigenvalue weighted by molar-refractivity contribution is 5.14. The molecule has 0 atom stereocenters. The van der Waals surface area contributed by atoms with Crippen LogP contribution in [-0.2, 0) is 4.74 Å². The molecule has 0 aromatic rings. The van der Waals surface area contributed by atoms with Crippen molar-refractivity contribution in [3.8, 4) is 0 Å². The summed E-state index contributed by atoms with van der Waals surface area (Å²) in [6.45, 7) is 8.07. The van der Waals surface area contributed by atoms with Crippen LogP contribution in [0.3, 0.4) is 0 Å². The Balaban J connectivity index is 1.92. The lowest BCUT2D eigenvalue weighted by atomic mass is 9.71. The number of allylic oxidation sites excluding steroid dienone is 1. The van der Waals surface area contributed by atoms with Gasteiger partial charge in [-0.05, 0) is 42.6 Å². The molecular weight excluding hydrogens is 172 g/mol. The minimum atomic E-state index is 0.497. The fourth-order valence-electron chi connectivity index (χ4n) is 2.59. The molecule has 0 spiro atoms. The van der Waals surface area contributed by atoms with Crippen LogP contribution < -0.4 is 0 Å². The first-order chi connectivity index (χ1) is 6.57. The van der Waals surface area contributed by atoms with E-state index in [9.17, 15) is 0 Å². The first kappa shape index (κ1) is 10.1. The molecule has 1 heteroatoms. The molecule has 1 nitrogen and oxygen atoms in total. The van der Waals surface area contributed by atoms with Crippen molar-refractivity contribution >= 4 is 0 Å². The standard InChI is InChI=1S/C13H22O/c1-13(2,3)11-6-4-10(5-7-11)12-8-9-14-12/h11H,4-9H2,1-3H3. The SMILES string of the molecule is CC(C)(C)C1CCC(=C2CCO2)CC1. The predicted octanol–water partition coefficient (Wildman–Crippen LogP) is 3.90. The molecule has 80 valence electrons. The Kier molecular flexibility index (Phi) is 2.59. The lowest BCUT2D eigenvalue weighted by molar-refractivity contribution is 0.107. The van der Waals surface area contributed by atoms with E-state index in [1.54, 1.807) is 5.57 Å². The van der Waals surface area contributed by atoms with Gasteiger partial charge in [0.1, 0.15) is 0 Å². The molecule has 0 bridgehead atoms. The summed E-state index contributed by atoms with van der Waals surface area (Å²) < 4.78 is 5.47. The summed E-state index contributed by atoms with van der Waals surface area (Å²) in [6, 6.07) is 0. The second-order valence-corrected chi connectivity index (χ2v) is 5.77. The monoisotopic (exact) mass is 194 g/mol. The van der Waals surface area contributed by atoms with Gasteiger partial charge in [0.05, 0.1) is 12.4 Å². The van der Waals surface area contributed by atoms with Crippen molar-refractivity contribution in [1.29, 1.82) is 0 Å². The molecule has 2 rings (SSSR count). The summed E-state index contributed by atoms with van der Waals surface area (Å²) in [5.74, 6) is 2.24. The fourth-order valence-corrected chi connectivity index (χ4v) is 2.59. The van der Waals surface area contributed by atoms with Gasteiger partial charge in [0.15, 0.2) is 0 Å². The maximum Gasteiger partial charge on any atom is 0.0985 e. The van der Waals surface area contributed by atoms with E-state index in [0.29, 0.717) is 5.41 Å². The Labute approximate surface area is 87.5 Å². The first-order valence-corrected chi connectivity index (χ1v) is 5.91. The molecule has 0 unspecified atom stereocenters. The summed E-state index contributed by atoms with van der Waals surface area (Å²) in [7, 11) is 0. The molecule has 1 saturated heterocycles. The maximum absolute atomic E-state index is 5.47. The van der Waals surface area contributed by atoms with Crippen LogP contribution in [0.1, 0.15) is 52.9 Å². The predicted molar refractivity (Wildman–Crippen MR) is 59.0 cm³/mol. The quantitative estimate of drug-likeness (QED) is 0.568. The van der Waals surface area contributed by atoms with Gasteiger partial charge in [-0.1, -0.05) is 20.8 Å². The Morgan fingerprint density at radius 2 is 1.64 bits per heavy atom. The molecule has 0 aromatic heterocycles. The summed E-state index contributed by atoms with van der Waals surface area (Å²) in [5, 5.41) is 0. The van der Waals surface area contributed by atoms with Crippen molar-refractivity contribution in [2.24, 2.45) is 11.3 Å². The molecule has 1 heterocycles. The van der Waals surface area contributed by atoms with Gasteiger partial charge >= 0.3 is 0 Å². The molecule has 1 aliphatic carbocycles. The Bertz CT molecular complexity index is 228. The van der Waals surface area contributed by atoms with Gasteiger partial charge in [-0.2, -0.15) is 0 Å². The van der Waals surface area contributed by atoms with Crippen LogP contribution in [0.2, 0.25) is 0 Å². The van der Waals surface area contributed by atoms with Crippen LogP contribution in [0.5, 0.6) is 0 Å².